The summed E-state index contributed by atoms with van der Waals surface area (Å²) in [6.45, 7) is 2.19. The second-order valence-corrected chi connectivity index (χ2v) is 3.86. The first-order valence-electron chi connectivity index (χ1n) is 5.11. The maximum absolute atomic E-state index is 13.2. The monoisotopic (exact) mass is 262 g/mol. The second-order valence-electron chi connectivity index (χ2n) is 3.86. The van der Waals surface area contributed by atoms with Gasteiger partial charge < -0.3 is 10.6 Å². The van der Waals surface area contributed by atoms with Crippen LogP contribution in [0.2, 0.25) is 0 Å². The van der Waals surface area contributed by atoms with Gasteiger partial charge in [0.1, 0.15) is 11.6 Å². The van der Waals surface area contributed by atoms with Crippen LogP contribution in [0.25, 0.3) is 0 Å². The van der Waals surface area contributed by atoms with E-state index >= 15 is 0 Å². The largest absolute Gasteiger partial charge is 0.352 e. The zero-order chi connectivity index (χ0) is 11.5. The molecule has 1 amide bonds. The number of benzene rings is 1. The van der Waals surface area contributed by atoms with Gasteiger partial charge in [-0.25, -0.2) is 8.78 Å². The number of rotatable bonds is 3. The maximum atomic E-state index is 13.2. The van der Waals surface area contributed by atoms with Crippen LogP contribution in [-0.2, 0) is 0 Å². The fraction of sp³-hybridized carbons (Fsp3) is 0.364. The molecule has 0 spiro atoms. The first-order chi connectivity index (χ1) is 7.66. The van der Waals surface area contributed by atoms with Crippen LogP contribution in [0, 0.1) is 17.6 Å². The van der Waals surface area contributed by atoms with Gasteiger partial charge in [0.05, 0.1) is 5.56 Å². The molecule has 0 radical (unpaired) electrons. The van der Waals surface area contributed by atoms with Crippen molar-refractivity contribution in [2.45, 2.75) is 0 Å². The summed E-state index contributed by atoms with van der Waals surface area (Å²) in [5.74, 6) is -1.49. The van der Waals surface area contributed by atoms with Gasteiger partial charge in [0.2, 0.25) is 0 Å². The third-order valence-electron chi connectivity index (χ3n) is 2.59. The lowest BCUT2D eigenvalue weighted by Crippen LogP contribution is -2.48. The number of hydrogen-bond acceptors (Lipinski definition) is 2. The first kappa shape index (κ1) is 13.9. The minimum atomic E-state index is -0.703. The normalized spacial score (nSPS) is 14.7. The van der Waals surface area contributed by atoms with E-state index in [0.717, 1.165) is 31.3 Å². The second kappa shape index (κ2) is 5.93. The van der Waals surface area contributed by atoms with Crippen LogP contribution in [-0.4, -0.2) is 25.5 Å². The summed E-state index contributed by atoms with van der Waals surface area (Å²) in [5.41, 5.74) is -0.243. The average molecular weight is 263 g/mol. The predicted octanol–water partition coefficient (Wildman–Crippen LogP) is 1.34. The molecule has 0 atom stereocenters. The Morgan fingerprint density at radius 3 is 2.71 bits per heavy atom. The Hall–Kier alpha value is -1.20. The van der Waals surface area contributed by atoms with Crippen LogP contribution >= 0.6 is 12.4 Å². The van der Waals surface area contributed by atoms with E-state index < -0.39 is 17.5 Å². The molecule has 1 heterocycles. The zero-order valence-corrected chi connectivity index (χ0v) is 9.82. The third kappa shape index (κ3) is 3.38. The van der Waals surface area contributed by atoms with Crippen LogP contribution in [0.3, 0.4) is 0 Å². The van der Waals surface area contributed by atoms with Gasteiger partial charge in [-0.2, -0.15) is 0 Å². The van der Waals surface area contributed by atoms with Gasteiger partial charge >= 0.3 is 0 Å². The van der Waals surface area contributed by atoms with E-state index in [-0.39, 0.29) is 18.0 Å². The van der Waals surface area contributed by atoms with E-state index in [1.165, 1.54) is 0 Å². The molecule has 94 valence electrons. The molecular weight excluding hydrogens is 250 g/mol. The fourth-order valence-corrected chi connectivity index (χ4v) is 1.50. The molecular formula is C11H13ClF2N2O. The Bertz CT molecular complexity index is 410. The minimum absolute atomic E-state index is 0. The number of carbonyl (C=O) groups is 1. The molecule has 0 bridgehead atoms. The summed E-state index contributed by atoms with van der Waals surface area (Å²) < 4.78 is 26.0. The quantitative estimate of drug-likeness (QED) is 0.863. The van der Waals surface area contributed by atoms with E-state index in [0.29, 0.717) is 12.5 Å². The molecule has 1 aromatic carbocycles. The van der Waals surface area contributed by atoms with Crippen LogP contribution in [0.5, 0.6) is 0 Å². The fourth-order valence-electron chi connectivity index (χ4n) is 1.50. The number of nitrogens with one attached hydrogen (secondary N) is 2. The van der Waals surface area contributed by atoms with Crippen molar-refractivity contribution in [3.05, 3.63) is 35.4 Å². The first-order valence-corrected chi connectivity index (χ1v) is 5.11. The molecule has 6 heteroatoms. The topological polar surface area (TPSA) is 41.1 Å². The van der Waals surface area contributed by atoms with Crippen molar-refractivity contribution in [2.75, 3.05) is 19.6 Å². The number of halogens is 3. The smallest absolute Gasteiger partial charge is 0.254 e. The molecule has 1 aliphatic heterocycles. The molecule has 0 aliphatic carbocycles. The number of hydrogen-bond donors (Lipinski definition) is 2. The molecule has 2 rings (SSSR count). The SMILES string of the molecule is Cl.O=C(NCC1CNC1)c1cc(F)ccc1F. The van der Waals surface area contributed by atoms with Gasteiger partial charge in [-0.3, -0.25) is 4.79 Å². The zero-order valence-electron chi connectivity index (χ0n) is 9.00. The standard InChI is InChI=1S/C11H12F2N2O.ClH/c12-8-1-2-10(13)9(3-8)11(16)15-6-7-4-14-5-7;/h1-3,7,14H,4-6H2,(H,15,16);1H. The number of carbonyl (C=O) groups excluding carboxylic acids is 1. The maximum Gasteiger partial charge on any atom is 0.254 e. The molecule has 0 saturated carbocycles. The summed E-state index contributed by atoms with van der Waals surface area (Å²) in [4.78, 5) is 11.5. The lowest BCUT2D eigenvalue weighted by molar-refractivity contribution is 0.0937. The van der Waals surface area contributed by atoms with E-state index in [2.05, 4.69) is 10.6 Å². The van der Waals surface area contributed by atoms with Crippen LogP contribution in [0.15, 0.2) is 18.2 Å². The summed E-state index contributed by atoms with van der Waals surface area (Å²) in [7, 11) is 0. The Balaban J connectivity index is 0.00000144. The van der Waals surface area contributed by atoms with Crippen molar-refractivity contribution in [3.8, 4) is 0 Å². The van der Waals surface area contributed by atoms with Crippen LogP contribution in [0.1, 0.15) is 10.4 Å². The Morgan fingerprint density at radius 1 is 1.41 bits per heavy atom. The molecule has 0 aromatic heterocycles. The molecule has 1 saturated heterocycles. The van der Waals surface area contributed by atoms with Gasteiger partial charge in [-0.05, 0) is 18.2 Å². The highest BCUT2D eigenvalue weighted by Gasteiger charge is 2.19. The lowest BCUT2D eigenvalue weighted by atomic mass is 10.0. The number of amides is 1. The summed E-state index contributed by atoms with van der Waals surface area (Å²) in [5, 5.41) is 5.64. The minimum Gasteiger partial charge on any atom is -0.352 e. The van der Waals surface area contributed by atoms with Gasteiger partial charge in [0.15, 0.2) is 0 Å². The van der Waals surface area contributed by atoms with Gasteiger partial charge in [0.25, 0.3) is 5.91 Å². The Kier molecular flexibility index (Phi) is 4.84. The van der Waals surface area contributed by atoms with Gasteiger partial charge in [0, 0.05) is 25.6 Å². The highest BCUT2D eigenvalue weighted by molar-refractivity contribution is 5.94. The Labute approximate surface area is 104 Å². The molecule has 1 fully saturated rings. The summed E-state index contributed by atoms with van der Waals surface area (Å²) in [6, 6.07) is 2.85. The highest BCUT2D eigenvalue weighted by Crippen LogP contribution is 2.10. The highest BCUT2D eigenvalue weighted by atomic mass is 35.5. The molecule has 0 unspecified atom stereocenters. The molecule has 2 N–H and O–H groups in total. The molecule has 1 aromatic rings. The summed E-state index contributed by atoms with van der Waals surface area (Å²) in [6.07, 6.45) is 0. The average Bonchev–Trinajstić information content (AvgIpc) is 2.19. The van der Waals surface area contributed by atoms with Crippen molar-refractivity contribution in [1.82, 2.24) is 10.6 Å². The van der Waals surface area contributed by atoms with Crippen molar-refractivity contribution >= 4 is 18.3 Å². The molecule has 17 heavy (non-hydrogen) atoms. The van der Waals surface area contributed by atoms with Crippen molar-refractivity contribution in [1.29, 1.82) is 0 Å². The molecule has 3 nitrogen and oxygen atoms in total. The third-order valence-corrected chi connectivity index (χ3v) is 2.59. The molecule has 1 aliphatic rings. The van der Waals surface area contributed by atoms with Gasteiger partial charge in [-0.15, -0.1) is 12.4 Å². The van der Waals surface area contributed by atoms with E-state index in [1.807, 2.05) is 0 Å². The predicted molar refractivity (Wildman–Crippen MR) is 62.3 cm³/mol. The van der Waals surface area contributed by atoms with E-state index in [9.17, 15) is 13.6 Å². The van der Waals surface area contributed by atoms with Crippen molar-refractivity contribution < 1.29 is 13.6 Å². The lowest BCUT2D eigenvalue weighted by Gasteiger charge is -2.27. The van der Waals surface area contributed by atoms with E-state index in [1.54, 1.807) is 0 Å². The van der Waals surface area contributed by atoms with E-state index in [4.69, 9.17) is 0 Å². The van der Waals surface area contributed by atoms with Gasteiger partial charge in [-0.1, -0.05) is 0 Å². The van der Waals surface area contributed by atoms with Crippen LogP contribution < -0.4 is 10.6 Å². The summed E-state index contributed by atoms with van der Waals surface area (Å²) >= 11 is 0. The Morgan fingerprint density at radius 2 is 2.12 bits per heavy atom. The van der Waals surface area contributed by atoms with Crippen LogP contribution in [0.4, 0.5) is 8.78 Å². The van der Waals surface area contributed by atoms with Crippen molar-refractivity contribution in [2.24, 2.45) is 5.92 Å². The van der Waals surface area contributed by atoms with Crippen molar-refractivity contribution in [3.63, 3.8) is 0 Å².